The molecule has 2 aromatic heterocycles. The number of anilines is 3. The van der Waals surface area contributed by atoms with Crippen LogP contribution >= 0.6 is 0 Å². The number of benzene rings is 1. The third-order valence-electron chi connectivity index (χ3n) is 4.17. The molecule has 0 atom stereocenters. The second kappa shape index (κ2) is 6.51. The molecule has 0 amide bonds. The largest absolute Gasteiger partial charge is 0.606 e. The van der Waals surface area contributed by atoms with Crippen LogP contribution in [0.4, 0.5) is 17.3 Å². The van der Waals surface area contributed by atoms with Gasteiger partial charge in [-0.15, -0.1) is 0 Å². The molecule has 1 aliphatic rings. The third-order valence-corrected chi connectivity index (χ3v) is 5.61. The summed E-state index contributed by atoms with van der Waals surface area (Å²) in [6.07, 6.45) is 3.34. The average molecular weight is 367 g/mol. The highest BCUT2D eigenvalue weighted by atomic mass is 32.2. The van der Waals surface area contributed by atoms with Gasteiger partial charge in [-0.05, 0) is 48.9 Å². The van der Waals surface area contributed by atoms with Crippen molar-refractivity contribution in [1.29, 1.82) is 0 Å². The molecule has 4 rings (SSSR count). The quantitative estimate of drug-likeness (QED) is 0.657. The van der Waals surface area contributed by atoms with Crippen molar-refractivity contribution in [2.24, 2.45) is 0 Å². The first-order valence-electron chi connectivity index (χ1n) is 8.00. The van der Waals surface area contributed by atoms with Gasteiger partial charge in [-0.2, -0.15) is 0 Å². The summed E-state index contributed by atoms with van der Waals surface area (Å²) in [5.74, 6) is 2.36. The second-order valence-corrected chi connectivity index (χ2v) is 7.19. The fraction of sp³-hybridized carbons (Fsp3) is 0.158. The number of ether oxygens (including phenoxy) is 2. The normalized spacial score (nSPS) is 13.2. The van der Waals surface area contributed by atoms with Gasteiger partial charge in [-0.3, -0.25) is 4.90 Å². The Hall–Kier alpha value is -2.77. The Labute approximate surface area is 154 Å². The Balaban J connectivity index is 2.06. The van der Waals surface area contributed by atoms with Crippen LogP contribution in [-0.4, -0.2) is 28.7 Å². The molecule has 6 nitrogen and oxygen atoms in total. The molecule has 0 saturated carbocycles. The van der Waals surface area contributed by atoms with E-state index in [0.717, 1.165) is 5.56 Å². The van der Waals surface area contributed by atoms with E-state index in [0.29, 0.717) is 38.6 Å². The molecule has 1 aromatic carbocycles. The summed E-state index contributed by atoms with van der Waals surface area (Å²) in [5.41, 5.74) is 1.68. The van der Waals surface area contributed by atoms with E-state index >= 15 is 0 Å². The van der Waals surface area contributed by atoms with Gasteiger partial charge in [0.2, 0.25) is 9.79 Å². The summed E-state index contributed by atoms with van der Waals surface area (Å²) in [6.45, 7) is 1.97. The molecular formula is C19H17N3O3S. The van der Waals surface area contributed by atoms with Crippen LogP contribution in [0.15, 0.2) is 58.6 Å². The van der Waals surface area contributed by atoms with Crippen LogP contribution in [0.3, 0.4) is 0 Å². The zero-order valence-corrected chi connectivity index (χ0v) is 15.4. The molecule has 0 N–H and O–H groups in total. The van der Waals surface area contributed by atoms with Crippen LogP contribution < -0.4 is 14.4 Å². The lowest BCUT2D eigenvalue weighted by Crippen LogP contribution is -2.25. The summed E-state index contributed by atoms with van der Waals surface area (Å²) in [4.78, 5) is 12.1. The highest BCUT2D eigenvalue weighted by Gasteiger charge is 2.39. The fourth-order valence-electron chi connectivity index (χ4n) is 3.07. The van der Waals surface area contributed by atoms with Crippen molar-refractivity contribution in [3.63, 3.8) is 0 Å². The molecular weight excluding hydrogens is 350 g/mol. The number of nitrogens with zero attached hydrogens (tertiary/aromatic N) is 3. The van der Waals surface area contributed by atoms with Crippen LogP contribution in [0.2, 0.25) is 0 Å². The molecule has 0 bridgehead atoms. The van der Waals surface area contributed by atoms with Crippen molar-refractivity contribution in [3.8, 4) is 11.5 Å². The van der Waals surface area contributed by atoms with E-state index < -0.39 is 11.2 Å². The minimum Gasteiger partial charge on any atom is -0.606 e. The first kappa shape index (κ1) is 16.7. The Morgan fingerprint density at radius 1 is 0.923 bits per heavy atom. The molecule has 3 aromatic rings. The van der Waals surface area contributed by atoms with E-state index in [1.807, 2.05) is 36.1 Å². The third kappa shape index (κ3) is 2.48. The number of methoxy groups -OCH3 is 2. The van der Waals surface area contributed by atoms with E-state index in [1.54, 1.807) is 38.7 Å². The number of pyridine rings is 2. The van der Waals surface area contributed by atoms with E-state index in [-0.39, 0.29) is 0 Å². The first-order chi connectivity index (χ1) is 12.7. The zero-order chi connectivity index (χ0) is 18.3. The van der Waals surface area contributed by atoms with Crippen molar-refractivity contribution in [3.05, 3.63) is 54.4 Å². The predicted octanol–water partition coefficient (Wildman–Crippen LogP) is 3.75. The summed E-state index contributed by atoms with van der Waals surface area (Å²) in [6, 6.07) is 11.0. The molecule has 0 aliphatic carbocycles. The molecule has 26 heavy (non-hydrogen) atoms. The lowest BCUT2D eigenvalue weighted by Gasteiger charge is -2.32. The van der Waals surface area contributed by atoms with Crippen molar-refractivity contribution >= 4 is 28.5 Å². The van der Waals surface area contributed by atoms with Crippen LogP contribution in [0.1, 0.15) is 5.56 Å². The topological polar surface area (TPSA) is 70.5 Å². The van der Waals surface area contributed by atoms with Crippen molar-refractivity contribution < 1.29 is 14.0 Å². The van der Waals surface area contributed by atoms with Crippen LogP contribution in [-0.2, 0) is 11.2 Å². The molecule has 0 spiro atoms. The SMILES string of the molecule is COc1cc(C)cc(OC)c1N1c2ncccc2[S+]([O-])c2cccnc21. The van der Waals surface area contributed by atoms with E-state index in [2.05, 4.69) is 9.97 Å². The van der Waals surface area contributed by atoms with Crippen molar-refractivity contribution in [1.82, 2.24) is 9.97 Å². The molecule has 3 heterocycles. The lowest BCUT2D eigenvalue weighted by atomic mass is 10.1. The number of aryl methyl sites for hydroxylation is 1. The Bertz CT molecular complexity index is 907. The van der Waals surface area contributed by atoms with Gasteiger partial charge in [-0.25, -0.2) is 9.97 Å². The average Bonchev–Trinajstić information content (AvgIpc) is 2.68. The van der Waals surface area contributed by atoms with Gasteiger partial charge >= 0.3 is 0 Å². The highest BCUT2D eigenvalue weighted by molar-refractivity contribution is 7.92. The van der Waals surface area contributed by atoms with Gasteiger partial charge in [0, 0.05) is 23.6 Å². The second-order valence-electron chi connectivity index (χ2n) is 5.77. The Morgan fingerprint density at radius 3 is 1.88 bits per heavy atom. The molecule has 0 saturated heterocycles. The van der Waals surface area contributed by atoms with Crippen LogP contribution in [0, 0.1) is 6.92 Å². The number of hydrogen-bond acceptors (Lipinski definition) is 6. The summed E-state index contributed by atoms with van der Waals surface area (Å²) < 4.78 is 24.2. The molecule has 0 radical (unpaired) electrons. The summed E-state index contributed by atoms with van der Waals surface area (Å²) in [5, 5.41) is 0. The fourth-order valence-corrected chi connectivity index (χ4v) is 4.33. The molecule has 0 unspecified atom stereocenters. The van der Waals surface area contributed by atoms with E-state index in [1.165, 1.54) is 0 Å². The number of hydrogen-bond donors (Lipinski definition) is 0. The minimum absolute atomic E-state index is 0.553. The van der Waals surface area contributed by atoms with Crippen molar-refractivity contribution in [2.75, 3.05) is 19.1 Å². The smallest absolute Gasteiger partial charge is 0.201 e. The van der Waals surface area contributed by atoms with E-state index in [9.17, 15) is 4.55 Å². The maximum absolute atomic E-state index is 13.0. The number of aromatic nitrogens is 2. The van der Waals surface area contributed by atoms with Gasteiger partial charge in [0.25, 0.3) is 0 Å². The maximum atomic E-state index is 13.0. The van der Waals surface area contributed by atoms with Crippen LogP contribution in [0.5, 0.6) is 11.5 Å². The molecule has 7 heteroatoms. The molecule has 0 fully saturated rings. The zero-order valence-electron chi connectivity index (χ0n) is 14.6. The number of rotatable bonds is 3. The molecule has 132 valence electrons. The lowest BCUT2D eigenvalue weighted by molar-refractivity contribution is 0.395. The van der Waals surface area contributed by atoms with Gasteiger partial charge in [0.05, 0.1) is 14.2 Å². The standard InChI is InChI=1S/C19H17N3O3S/c1-12-10-13(24-2)17(14(11-12)25-3)22-18-15(6-4-8-20-18)26(23)16-7-5-9-21-19(16)22/h4-11H,1-3H3. The van der Waals surface area contributed by atoms with Crippen LogP contribution in [0.25, 0.3) is 0 Å². The summed E-state index contributed by atoms with van der Waals surface area (Å²) in [7, 11) is 3.22. The highest BCUT2D eigenvalue weighted by Crippen LogP contribution is 2.51. The molecule has 1 aliphatic heterocycles. The summed E-state index contributed by atoms with van der Waals surface area (Å²) >= 11 is -1.35. The first-order valence-corrected chi connectivity index (χ1v) is 9.15. The number of fused-ring (bicyclic) bond motifs is 2. The van der Waals surface area contributed by atoms with Crippen molar-refractivity contribution in [2.45, 2.75) is 16.7 Å². The van der Waals surface area contributed by atoms with Gasteiger partial charge < -0.3 is 14.0 Å². The Kier molecular flexibility index (Phi) is 4.18. The monoisotopic (exact) mass is 367 g/mol. The van der Waals surface area contributed by atoms with Gasteiger partial charge in [0.1, 0.15) is 17.2 Å². The minimum atomic E-state index is -1.35. The van der Waals surface area contributed by atoms with E-state index in [4.69, 9.17) is 9.47 Å². The maximum Gasteiger partial charge on any atom is 0.201 e. The van der Waals surface area contributed by atoms with Gasteiger partial charge in [-0.1, -0.05) is 0 Å². The predicted molar refractivity (Wildman–Crippen MR) is 99.2 cm³/mol. The van der Waals surface area contributed by atoms with Gasteiger partial charge in [0.15, 0.2) is 11.6 Å². The Morgan fingerprint density at radius 2 is 1.42 bits per heavy atom.